The molecule has 0 spiro atoms. The number of hydrogen-bond acceptors (Lipinski definition) is 5. The third-order valence-electron chi connectivity index (χ3n) is 2.79. The van der Waals surface area contributed by atoms with Crippen LogP contribution in [0.4, 0.5) is 0 Å². The molecule has 2 aliphatic rings. The smallest absolute Gasteiger partial charge is 0.317 e. The highest BCUT2D eigenvalue weighted by Gasteiger charge is 2.43. The molecule has 0 radical (unpaired) electrons. The summed E-state index contributed by atoms with van der Waals surface area (Å²) in [7, 11) is 0. The summed E-state index contributed by atoms with van der Waals surface area (Å²) in [6, 6.07) is 0. The van der Waals surface area contributed by atoms with E-state index in [2.05, 4.69) is 4.74 Å². The van der Waals surface area contributed by atoms with Crippen molar-refractivity contribution in [2.75, 3.05) is 0 Å². The molecule has 1 fully saturated rings. The lowest BCUT2D eigenvalue weighted by atomic mass is 9.85. The summed E-state index contributed by atoms with van der Waals surface area (Å²) >= 11 is 0. The van der Waals surface area contributed by atoms with E-state index in [1.807, 2.05) is 12.2 Å². The number of carbonyl (C=O) groups is 4. The lowest BCUT2D eigenvalue weighted by Gasteiger charge is -2.12. The Balaban J connectivity index is 0.000000203. The number of cyclic esters (lactones) is 2. The van der Waals surface area contributed by atoms with Crippen molar-refractivity contribution in [1.29, 1.82) is 0 Å². The van der Waals surface area contributed by atoms with Crippen molar-refractivity contribution >= 4 is 23.9 Å². The molecule has 19 heavy (non-hydrogen) atoms. The molecule has 0 bridgehead atoms. The van der Waals surface area contributed by atoms with Crippen LogP contribution in [0, 0.1) is 11.8 Å². The molecule has 1 saturated heterocycles. The molecule has 0 saturated carbocycles. The van der Waals surface area contributed by atoms with Crippen LogP contribution in [-0.2, 0) is 23.9 Å². The van der Waals surface area contributed by atoms with Gasteiger partial charge in [0, 0.05) is 0 Å². The summed E-state index contributed by atoms with van der Waals surface area (Å²) in [6.07, 6.45) is 4.59. The Bertz CT molecular complexity index is 386. The molecule has 1 aliphatic carbocycles. The first-order chi connectivity index (χ1) is 8.91. The summed E-state index contributed by atoms with van der Waals surface area (Å²) in [5.74, 6) is -3.21. The van der Waals surface area contributed by atoms with Crippen molar-refractivity contribution in [3.05, 3.63) is 12.2 Å². The molecule has 0 aromatic heterocycles. The summed E-state index contributed by atoms with van der Waals surface area (Å²) in [5.41, 5.74) is 0. The number of hydrogen-bond donors (Lipinski definition) is 2. The van der Waals surface area contributed by atoms with Gasteiger partial charge in [-0.15, -0.1) is 0 Å². The maximum absolute atomic E-state index is 10.9. The van der Waals surface area contributed by atoms with Crippen LogP contribution >= 0.6 is 0 Å². The van der Waals surface area contributed by atoms with Crippen molar-refractivity contribution in [2.45, 2.75) is 25.7 Å². The van der Waals surface area contributed by atoms with Crippen molar-refractivity contribution < 1.29 is 34.1 Å². The molecule has 1 aliphatic heterocycles. The van der Waals surface area contributed by atoms with Crippen LogP contribution in [0.2, 0.25) is 0 Å². The fourth-order valence-corrected chi connectivity index (χ4v) is 1.80. The zero-order chi connectivity index (χ0) is 14.4. The monoisotopic (exact) mass is 270 g/mol. The molecule has 0 aromatic carbocycles. The zero-order valence-electron chi connectivity index (χ0n) is 10.1. The second kappa shape index (κ2) is 6.67. The third kappa shape index (κ3) is 4.53. The highest BCUT2D eigenvalue weighted by Crippen LogP contribution is 2.32. The van der Waals surface area contributed by atoms with Crippen LogP contribution in [0.5, 0.6) is 0 Å². The van der Waals surface area contributed by atoms with Gasteiger partial charge in [-0.3, -0.25) is 19.2 Å². The van der Waals surface area contributed by atoms with Crippen LogP contribution < -0.4 is 0 Å². The highest BCUT2D eigenvalue weighted by molar-refractivity contribution is 5.96. The predicted octanol–water partition coefficient (Wildman–Crippen LogP) is 0.588. The first-order valence-corrected chi connectivity index (χ1v) is 5.76. The zero-order valence-corrected chi connectivity index (χ0v) is 10.1. The number of fused-ring (bicyclic) bond motifs is 1. The van der Waals surface area contributed by atoms with Crippen LogP contribution in [0.1, 0.15) is 25.7 Å². The van der Waals surface area contributed by atoms with E-state index in [9.17, 15) is 19.2 Å². The molecule has 1 heterocycles. The van der Waals surface area contributed by atoms with E-state index < -0.39 is 11.9 Å². The molecule has 2 atom stereocenters. The van der Waals surface area contributed by atoms with Gasteiger partial charge >= 0.3 is 23.9 Å². The third-order valence-corrected chi connectivity index (χ3v) is 2.79. The SMILES string of the molecule is O=C(O)CCC(=O)O.O=C1OC(=O)C2CC=CCC12. The number of allylic oxidation sites excluding steroid dienone is 2. The number of carboxylic acid groups (broad SMARTS) is 2. The topological polar surface area (TPSA) is 118 Å². The second-order valence-corrected chi connectivity index (χ2v) is 4.18. The van der Waals surface area contributed by atoms with E-state index in [0.717, 1.165) is 0 Å². The highest BCUT2D eigenvalue weighted by atomic mass is 16.6. The van der Waals surface area contributed by atoms with E-state index in [0.29, 0.717) is 12.8 Å². The standard InChI is InChI=1S/C8H8O3.C4H6O4/c9-7-5-3-1-2-4-6(5)8(10)11-7;5-3(6)1-2-4(7)8/h1-2,5-6H,3-4H2;1-2H2,(H,5,6)(H,7,8). The Kier molecular flexibility index (Phi) is 5.23. The number of carboxylic acids is 2. The molecular weight excluding hydrogens is 256 g/mol. The van der Waals surface area contributed by atoms with Gasteiger partial charge in [-0.25, -0.2) is 0 Å². The van der Waals surface area contributed by atoms with Gasteiger partial charge in [0.1, 0.15) is 0 Å². The van der Waals surface area contributed by atoms with Gasteiger partial charge in [0.2, 0.25) is 0 Å². The number of esters is 2. The average Bonchev–Trinajstić information content (AvgIpc) is 2.64. The fourth-order valence-electron chi connectivity index (χ4n) is 1.80. The minimum Gasteiger partial charge on any atom is -0.481 e. The Hall–Kier alpha value is -2.18. The predicted molar refractivity (Wildman–Crippen MR) is 61.0 cm³/mol. The maximum Gasteiger partial charge on any atom is 0.317 e. The quantitative estimate of drug-likeness (QED) is 0.437. The number of rotatable bonds is 3. The first-order valence-electron chi connectivity index (χ1n) is 5.76. The Morgan fingerprint density at radius 1 is 1.00 bits per heavy atom. The van der Waals surface area contributed by atoms with E-state index in [1.54, 1.807) is 0 Å². The largest absolute Gasteiger partial charge is 0.481 e. The van der Waals surface area contributed by atoms with Gasteiger partial charge in [0.05, 0.1) is 24.7 Å². The molecule has 2 unspecified atom stereocenters. The van der Waals surface area contributed by atoms with Crippen LogP contribution in [0.25, 0.3) is 0 Å². The minimum atomic E-state index is -1.08. The van der Waals surface area contributed by atoms with Crippen LogP contribution in [0.15, 0.2) is 12.2 Å². The summed E-state index contributed by atoms with van der Waals surface area (Å²) < 4.78 is 4.49. The molecule has 7 heteroatoms. The fraction of sp³-hybridized carbons (Fsp3) is 0.500. The molecule has 7 nitrogen and oxygen atoms in total. The first kappa shape index (κ1) is 14.9. The van der Waals surface area contributed by atoms with E-state index in [4.69, 9.17) is 10.2 Å². The van der Waals surface area contributed by atoms with Crippen molar-refractivity contribution in [1.82, 2.24) is 0 Å². The van der Waals surface area contributed by atoms with Gasteiger partial charge in [-0.05, 0) is 12.8 Å². The molecule has 104 valence electrons. The van der Waals surface area contributed by atoms with Gasteiger partial charge in [0.25, 0.3) is 0 Å². The summed E-state index contributed by atoms with van der Waals surface area (Å²) in [5, 5.41) is 15.8. The molecule has 2 N–H and O–H groups in total. The lowest BCUT2D eigenvalue weighted by Crippen LogP contribution is -2.18. The summed E-state index contributed by atoms with van der Waals surface area (Å²) in [4.78, 5) is 41.2. The number of ether oxygens (including phenoxy) is 1. The number of aliphatic carboxylic acids is 2. The van der Waals surface area contributed by atoms with Gasteiger partial charge in [-0.1, -0.05) is 12.2 Å². The molecule has 0 amide bonds. The number of carbonyl (C=O) groups excluding carboxylic acids is 2. The molecular formula is C12H14O7. The van der Waals surface area contributed by atoms with Crippen LogP contribution in [0.3, 0.4) is 0 Å². The van der Waals surface area contributed by atoms with Crippen LogP contribution in [-0.4, -0.2) is 34.1 Å². The van der Waals surface area contributed by atoms with Crippen molar-refractivity contribution in [2.24, 2.45) is 11.8 Å². The van der Waals surface area contributed by atoms with Gasteiger partial charge in [0.15, 0.2) is 0 Å². The van der Waals surface area contributed by atoms with E-state index in [1.165, 1.54) is 0 Å². The minimum absolute atomic E-state index is 0.188. The summed E-state index contributed by atoms with van der Waals surface area (Å²) in [6.45, 7) is 0. The second-order valence-electron chi connectivity index (χ2n) is 4.18. The maximum atomic E-state index is 10.9. The van der Waals surface area contributed by atoms with Gasteiger partial charge in [-0.2, -0.15) is 0 Å². The van der Waals surface area contributed by atoms with Gasteiger partial charge < -0.3 is 14.9 Å². The average molecular weight is 270 g/mol. The Morgan fingerprint density at radius 3 is 1.68 bits per heavy atom. The Morgan fingerprint density at radius 2 is 1.37 bits per heavy atom. The lowest BCUT2D eigenvalue weighted by molar-refractivity contribution is -0.153. The van der Waals surface area contributed by atoms with Crippen molar-refractivity contribution in [3.8, 4) is 0 Å². The Labute approximate surface area is 108 Å². The van der Waals surface area contributed by atoms with E-state index in [-0.39, 0.29) is 36.6 Å². The van der Waals surface area contributed by atoms with E-state index >= 15 is 0 Å². The molecule has 0 aromatic rings. The van der Waals surface area contributed by atoms with Crippen molar-refractivity contribution in [3.63, 3.8) is 0 Å². The molecule has 2 rings (SSSR count). The normalized spacial score (nSPS) is 24.0.